The molecule has 1 heterocycles. The number of nitrogens with zero attached hydrogens (tertiary/aromatic N) is 2. The maximum absolute atomic E-state index is 13.4. The van der Waals surface area contributed by atoms with Crippen LogP contribution in [-0.2, 0) is 4.79 Å². The van der Waals surface area contributed by atoms with Crippen molar-refractivity contribution in [1.29, 1.82) is 0 Å². The van der Waals surface area contributed by atoms with Crippen molar-refractivity contribution in [1.82, 2.24) is 5.01 Å². The number of alkyl halides is 3. The number of carbonyl (C=O) groups is 1. The van der Waals surface area contributed by atoms with Gasteiger partial charge in [0.05, 0.1) is 11.8 Å². The highest BCUT2D eigenvalue weighted by atomic mass is 35.5. The molecule has 1 aliphatic heterocycles. The largest absolute Gasteiger partial charge is 0.473 e. The van der Waals surface area contributed by atoms with Crippen molar-refractivity contribution >= 4 is 40.9 Å². The van der Waals surface area contributed by atoms with Crippen molar-refractivity contribution in [3.05, 3.63) is 75.3 Å². The van der Waals surface area contributed by atoms with Crippen LogP contribution in [0.2, 0.25) is 10.0 Å². The molecule has 31 heavy (non-hydrogen) atoms. The number of benzene rings is 2. The minimum absolute atomic E-state index is 0.221. The summed E-state index contributed by atoms with van der Waals surface area (Å²) in [5.41, 5.74) is 2.82. The molecule has 3 nitrogen and oxygen atoms in total. The van der Waals surface area contributed by atoms with E-state index in [0.29, 0.717) is 39.2 Å². The first-order valence-corrected chi connectivity index (χ1v) is 10.6. The fourth-order valence-corrected chi connectivity index (χ4v) is 4.59. The number of carbonyl (C=O) groups excluding carboxylic acids is 1. The second-order valence-corrected chi connectivity index (χ2v) is 8.87. The van der Waals surface area contributed by atoms with Crippen molar-refractivity contribution in [2.24, 2.45) is 16.9 Å². The lowest BCUT2D eigenvalue weighted by atomic mass is 9.73. The zero-order valence-electron chi connectivity index (χ0n) is 16.5. The molecular weight excluding hydrogens is 448 g/mol. The lowest BCUT2D eigenvalue weighted by molar-refractivity contribution is -0.188. The number of hydrogen-bond donors (Lipinski definition) is 0. The molecule has 0 N–H and O–H groups in total. The number of hydrazone groups is 1. The van der Waals surface area contributed by atoms with Gasteiger partial charge in [-0.1, -0.05) is 54.4 Å². The zero-order chi connectivity index (χ0) is 22.3. The van der Waals surface area contributed by atoms with Gasteiger partial charge in [-0.3, -0.25) is 4.79 Å². The molecule has 0 aromatic heterocycles. The van der Waals surface area contributed by atoms with Gasteiger partial charge in [0, 0.05) is 16.0 Å². The molecule has 1 saturated carbocycles. The summed E-state index contributed by atoms with van der Waals surface area (Å²) in [6.45, 7) is 2.06. The van der Waals surface area contributed by atoms with Crippen molar-refractivity contribution in [2.75, 3.05) is 0 Å². The summed E-state index contributed by atoms with van der Waals surface area (Å²) in [6.07, 6.45) is -1.81. The number of hydrogen-bond acceptors (Lipinski definition) is 2. The summed E-state index contributed by atoms with van der Waals surface area (Å²) in [7, 11) is 0. The summed E-state index contributed by atoms with van der Waals surface area (Å²) in [4.78, 5) is 12.3. The normalized spacial score (nSPS) is 24.8. The standard InChI is InChI=1S/C23H19Cl2F3N2O/c1-13-10-16(12-14-2-6-17(24)7-3-14)20-19(11-13)21(15-4-8-18(25)9-5-15)30(29-20)22(31)23(26,27)28/h2-9,12-13,19,21H,10-11H2,1H3/b16-12-/t13-,19+,21-/m0/s1. The van der Waals surface area contributed by atoms with Gasteiger partial charge in [-0.05, 0) is 65.8 Å². The molecule has 0 radical (unpaired) electrons. The summed E-state index contributed by atoms with van der Waals surface area (Å²) in [5, 5.41) is 5.91. The highest BCUT2D eigenvalue weighted by Gasteiger charge is 2.52. The van der Waals surface area contributed by atoms with Crippen LogP contribution in [0.1, 0.15) is 36.9 Å². The van der Waals surface area contributed by atoms with Crippen molar-refractivity contribution in [3.63, 3.8) is 0 Å². The SMILES string of the molecule is C[C@H]1C/C(=C/c2ccc(Cl)cc2)C2=NN(C(=O)C(F)(F)F)[C@@H](c3ccc(Cl)cc3)[C@@H]2C1. The van der Waals surface area contributed by atoms with Gasteiger partial charge in [0.1, 0.15) is 0 Å². The van der Waals surface area contributed by atoms with Crippen LogP contribution >= 0.6 is 23.2 Å². The van der Waals surface area contributed by atoms with Crippen LogP contribution < -0.4 is 0 Å². The molecule has 1 fully saturated rings. The predicted molar refractivity (Wildman–Crippen MR) is 116 cm³/mol. The summed E-state index contributed by atoms with van der Waals surface area (Å²) in [6, 6.07) is 12.9. The number of rotatable bonds is 2. The van der Waals surface area contributed by atoms with Crippen molar-refractivity contribution in [2.45, 2.75) is 32.0 Å². The fourth-order valence-electron chi connectivity index (χ4n) is 4.34. The van der Waals surface area contributed by atoms with E-state index < -0.39 is 18.1 Å². The number of allylic oxidation sites excluding steroid dienone is 1. The first-order chi connectivity index (χ1) is 14.6. The quantitative estimate of drug-likeness (QED) is 0.472. The van der Waals surface area contributed by atoms with Gasteiger partial charge in [0.25, 0.3) is 0 Å². The smallest absolute Gasteiger partial charge is 0.262 e. The molecule has 1 aliphatic carbocycles. The third-order valence-electron chi connectivity index (χ3n) is 5.64. The molecule has 0 unspecified atom stereocenters. The van der Waals surface area contributed by atoms with E-state index in [-0.39, 0.29) is 11.8 Å². The number of fused-ring (bicyclic) bond motifs is 1. The third kappa shape index (κ3) is 4.51. The van der Waals surface area contributed by atoms with Gasteiger partial charge in [-0.15, -0.1) is 0 Å². The Morgan fingerprint density at radius 2 is 1.65 bits per heavy atom. The molecule has 0 bridgehead atoms. The molecule has 8 heteroatoms. The Kier molecular flexibility index (Phi) is 5.88. The van der Waals surface area contributed by atoms with Crippen LogP contribution in [0.4, 0.5) is 13.2 Å². The number of amides is 1. The molecule has 2 aliphatic rings. The molecule has 2 aromatic carbocycles. The van der Waals surface area contributed by atoms with E-state index in [2.05, 4.69) is 12.0 Å². The maximum Gasteiger partial charge on any atom is 0.473 e. The summed E-state index contributed by atoms with van der Waals surface area (Å²) >= 11 is 11.9. The Hall–Kier alpha value is -2.31. The first-order valence-electron chi connectivity index (χ1n) is 9.84. The monoisotopic (exact) mass is 466 g/mol. The second kappa shape index (κ2) is 8.32. The minimum atomic E-state index is -5.02. The lowest BCUT2D eigenvalue weighted by Gasteiger charge is -2.32. The Morgan fingerprint density at radius 3 is 2.23 bits per heavy atom. The van der Waals surface area contributed by atoms with E-state index in [1.165, 1.54) is 0 Å². The molecule has 0 saturated heterocycles. The average Bonchev–Trinajstić information content (AvgIpc) is 3.08. The topological polar surface area (TPSA) is 32.7 Å². The molecular formula is C23H19Cl2F3N2O. The van der Waals surface area contributed by atoms with E-state index in [9.17, 15) is 18.0 Å². The van der Waals surface area contributed by atoms with Crippen molar-refractivity contribution in [3.8, 4) is 0 Å². The molecule has 3 atom stereocenters. The Bertz CT molecular complexity index is 1050. The maximum atomic E-state index is 13.4. The van der Waals surface area contributed by atoms with Crippen molar-refractivity contribution < 1.29 is 18.0 Å². The van der Waals surface area contributed by atoms with E-state index in [0.717, 1.165) is 11.1 Å². The van der Waals surface area contributed by atoms with E-state index in [4.69, 9.17) is 23.2 Å². The summed E-state index contributed by atoms with van der Waals surface area (Å²) in [5.74, 6) is -2.08. The highest BCUT2D eigenvalue weighted by molar-refractivity contribution is 6.30. The van der Waals surface area contributed by atoms with Crippen LogP contribution in [0.5, 0.6) is 0 Å². The van der Waals surface area contributed by atoms with Crippen LogP contribution in [0.15, 0.2) is 59.2 Å². The van der Waals surface area contributed by atoms with Gasteiger partial charge < -0.3 is 0 Å². The van der Waals surface area contributed by atoms with E-state index in [1.807, 2.05) is 18.2 Å². The van der Waals surface area contributed by atoms with Gasteiger partial charge in [0.15, 0.2) is 0 Å². The average molecular weight is 467 g/mol. The molecule has 2 aromatic rings. The number of halogens is 5. The molecule has 1 amide bonds. The Labute approximate surface area is 188 Å². The van der Waals surface area contributed by atoms with E-state index >= 15 is 0 Å². The van der Waals surface area contributed by atoms with E-state index in [1.54, 1.807) is 36.4 Å². The highest BCUT2D eigenvalue weighted by Crippen LogP contribution is 2.47. The third-order valence-corrected chi connectivity index (χ3v) is 6.14. The minimum Gasteiger partial charge on any atom is -0.262 e. The van der Waals surface area contributed by atoms with Crippen LogP contribution in [-0.4, -0.2) is 22.8 Å². The fraction of sp³-hybridized carbons (Fsp3) is 0.304. The Morgan fingerprint density at radius 1 is 1.06 bits per heavy atom. The summed E-state index contributed by atoms with van der Waals surface area (Å²) < 4.78 is 40.1. The molecule has 162 valence electrons. The van der Waals surface area contributed by atoms with Gasteiger partial charge in [-0.2, -0.15) is 18.3 Å². The van der Waals surface area contributed by atoms with Gasteiger partial charge in [0.2, 0.25) is 0 Å². The zero-order valence-corrected chi connectivity index (χ0v) is 18.0. The molecule has 0 spiro atoms. The lowest BCUT2D eigenvalue weighted by Crippen LogP contribution is -2.40. The van der Waals surface area contributed by atoms with Crippen LogP contribution in [0.25, 0.3) is 6.08 Å². The molecule has 4 rings (SSSR count). The van der Waals surface area contributed by atoms with Crippen LogP contribution in [0, 0.1) is 11.8 Å². The van der Waals surface area contributed by atoms with Gasteiger partial charge >= 0.3 is 12.1 Å². The van der Waals surface area contributed by atoms with Gasteiger partial charge in [-0.25, -0.2) is 5.01 Å². The second-order valence-electron chi connectivity index (χ2n) is 8.00. The first kappa shape index (κ1) is 21.9. The predicted octanol–water partition coefficient (Wildman–Crippen LogP) is 6.92. The Balaban J connectivity index is 1.80. The van der Waals surface area contributed by atoms with Crippen LogP contribution in [0.3, 0.4) is 0 Å².